The zero-order valence-electron chi connectivity index (χ0n) is 12.4. The molecule has 1 saturated heterocycles. The highest BCUT2D eigenvalue weighted by atomic mass is 32.2. The van der Waals surface area contributed by atoms with Gasteiger partial charge in [0.15, 0.2) is 4.34 Å². The monoisotopic (exact) mass is 337 g/mol. The average Bonchev–Trinajstić information content (AvgIpc) is 3.02. The molecule has 2 aromatic rings. The Kier molecular flexibility index (Phi) is 5.53. The van der Waals surface area contributed by atoms with Crippen molar-refractivity contribution in [2.75, 3.05) is 24.8 Å². The van der Waals surface area contributed by atoms with Crippen molar-refractivity contribution in [3.8, 4) is 5.75 Å². The number of aromatic nitrogens is 2. The Labute approximate surface area is 138 Å². The van der Waals surface area contributed by atoms with E-state index in [0.717, 1.165) is 39.7 Å². The molecule has 22 heavy (non-hydrogen) atoms. The zero-order valence-corrected chi connectivity index (χ0v) is 14.1. The van der Waals surface area contributed by atoms with E-state index in [1.165, 1.54) is 12.8 Å². The van der Waals surface area contributed by atoms with Gasteiger partial charge in [-0.3, -0.25) is 0 Å². The molecule has 1 aromatic carbocycles. The lowest BCUT2D eigenvalue weighted by Gasteiger charge is -2.21. The molecule has 0 unspecified atom stereocenters. The van der Waals surface area contributed by atoms with Crippen LogP contribution in [0.3, 0.4) is 0 Å². The van der Waals surface area contributed by atoms with Crippen molar-refractivity contribution in [3.63, 3.8) is 0 Å². The first-order chi connectivity index (χ1) is 10.8. The highest BCUT2D eigenvalue weighted by Crippen LogP contribution is 2.32. The molecule has 5 nitrogen and oxygen atoms in total. The molecule has 2 heterocycles. The SMILES string of the molecule is COc1ccccc1Nc1nnc(SC[C@@H]2CCCCO2)s1. The van der Waals surface area contributed by atoms with Crippen LogP contribution in [0.15, 0.2) is 28.6 Å². The van der Waals surface area contributed by atoms with E-state index in [0.29, 0.717) is 6.10 Å². The molecule has 118 valence electrons. The van der Waals surface area contributed by atoms with Crippen molar-refractivity contribution in [3.05, 3.63) is 24.3 Å². The topological polar surface area (TPSA) is 56.3 Å². The Bertz CT molecular complexity index is 600. The Morgan fingerprint density at radius 2 is 2.27 bits per heavy atom. The van der Waals surface area contributed by atoms with Gasteiger partial charge < -0.3 is 14.8 Å². The maximum absolute atomic E-state index is 5.74. The summed E-state index contributed by atoms with van der Waals surface area (Å²) in [5, 5.41) is 12.4. The average molecular weight is 337 g/mol. The first-order valence-corrected chi connectivity index (χ1v) is 9.13. The summed E-state index contributed by atoms with van der Waals surface area (Å²) in [5.74, 6) is 1.74. The van der Waals surface area contributed by atoms with Crippen molar-refractivity contribution in [2.45, 2.75) is 29.7 Å². The molecule has 0 amide bonds. The van der Waals surface area contributed by atoms with Crippen LogP contribution in [0.5, 0.6) is 5.75 Å². The Hall–Kier alpha value is -1.31. The summed E-state index contributed by atoms with van der Waals surface area (Å²) in [5.41, 5.74) is 0.897. The van der Waals surface area contributed by atoms with Crippen LogP contribution in [0.4, 0.5) is 10.8 Å². The largest absolute Gasteiger partial charge is 0.495 e. The third kappa shape index (κ3) is 4.12. The van der Waals surface area contributed by atoms with Gasteiger partial charge in [0.25, 0.3) is 0 Å². The van der Waals surface area contributed by atoms with Crippen LogP contribution >= 0.6 is 23.1 Å². The minimum Gasteiger partial charge on any atom is -0.495 e. The number of nitrogens with one attached hydrogen (secondary N) is 1. The molecule has 1 aliphatic heterocycles. The number of hydrogen-bond donors (Lipinski definition) is 1. The highest BCUT2D eigenvalue weighted by Gasteiger charge is 2.15. The predicted molar refractivity (Wildman–Crippen MR) is 90.5 cm³/mol. The van der Waals surface area contributed by atoms with Gasteiger partial charge in [-0.05, 0) is 31.4 Å². The fraction of sp³-hybridized carbons (Fsp3) is 0.467. The third-order valence-corrected chi connectivity index (χ3v) is 5.53. The first kappa shape index (κ1) is 15.6. The van der Waals surface area contributed by atoms with Gasteiger partial charge in [-0.15, -0.1) is 10.2 Å². The van der Waals surface area contributed by atoms with Crippen LogP contribution in [0.2, 0.25) is 0 Å². The molecule has 0 aliphatic carbocycles. The van der Waals surface area contributed by atoms with Crippen molar-refractivity contribution >= 4 is 33.9 Å². The third-order valence-electron chi connectivity index (χ3n) is 3.42. The summed E-state index contributed by atoms with van der Waals surface area (Å²) in [7, 11) is 1.66. The Morgan fingerprint density at radius 3 is 3.09 bits per heavy atom. The lowest BCUT2D eigenvalue weighted by atomic mass is 10.1. The highest BCUT2D eigenvalue weighted by molar-refractivity contribution is 8.01. The summed E-state index contributed by atoms with van der Waals surface area (Å²) in [6.07, 6.45) is 3.96. The predicted octanol–water partition coefficient (Wildman–Crippen LogP) is 3.95. The number of nitrogens with zero attached hydrogens (tertiary/aromatic N) is 2. The molecule has 0 bridgehead atoms. The lowest BCUT2D eigenvalue weighted by Crippen LogP contribution is -2.21. The molecule has 1 aromatic heterocycles. The van der Waals surface area contributed by atoms with Crippen LogP contribution in [0, 0.1) is 0 Å². The van der Waals surface area contributed by atoms with Gasteiger partial charge in [0, 0.05) is 12.4 Å². The summed E-state index contributed by atoms with van der Waals surface area (Å²) in [6.45, 7) is 0.891. The molecule has 3 rings (SSSR count). The summed E-state index contributed by atoms with van der Waals surface area (Å²) in [6, 6.07) is 7.78. The zero-order chi connectivity index (χ0) is 15.2. The minimum absolute atomic E-state index is 0.355. The van der Waals surface area contributed by atoms with E-state index in [1.807, 2.05) is 24.3 Å². The van der Waals surface area contributed by atoms with E-state index < -0.39 is 0 Å². The van der Waals surface area contributed by atoms with Crippen molar-refractivity contribution < 1.29 is 9.47 Å². The summed E-state index contributed by atoms with van der Waals surface area (Å²) >= 11 is 3.27. The second-order valence-electron chi connectivity index (χ2n) is 5.00. The van der Waals surface area contributed by atoms with Crippen molar-refractivity contribution in [2.24, 2.45) is 0 Å². The molecule has 1 fully saturated rings. The number of thioether (sulfide) groups is 1. The first-order valence-electron chi connectivity index (χ1n) is 7.33. The minimum atomic E-state index is 0.355. The van der Waals surface area contributed by atoms with Crippen LogP contribution in [-0.4, -0.2) is 35.8 Å². The molecule has 0 spiro atoms. The Morgan fingerprint density at radius 1 is 1.36 bits per heavy atom. The van der Waals surface area contributed by atoms with E-state index in [2.05, 4.69) is 15.5 Å². The van der Waals surface area contributed by atoms with Crippen molar-refractivity contribution in [1.82, 2.24) is 10.2 Å². The number of methoxy groups -OCH3 is 1. The summed E-state index contributed by atoms with van der Waals surface area (Å²) < 4.78 is 12.0. The van der Waals surface area contributed by atoms with Gasteiger partial charge in [0.05, 0.1) is 18.9 Å². The van der Waals surface area contributed by atoms with E-state index in [4.69, 9.17) is 9.47 Å². The molecule has 7 heteroatoms. The van der Waals surface area contributed by atoms with Gasteiger partial charge in [-0.1, -0.05) is 35.2 Å². The van der Waals surface area contributed by atoms with E-state index >= 15 is 0 Å². The number of rotatable bonds is 6. The molecular weight excluding hydrogens is 318 g/mol. The van der Waals surface area contributed by atoms with E-state index in [-0.39, 0.29) is 0 Å². The van der Waals surface area contributed by atoms with Gasteiger partial charge in [-0.2, -0.15) is 0 Å². The standard InChI is InChI=1S/C15H19N3O2S2/c1-19-13-8-3-2-7-12(13)16-14-17-18-15(22-14)21-10-11-6-4-5-9-20-11/h2-3,7-8,11H,4-6,9-10H2,1H3,(H,16,17)/t11-/m0/s1. The second kappa shape index (κ2) is 7.80. The molecule has 0 radical (unpaired) electrons. The van der Waals surface area contributed by atoms with Gasteiger partial charge in [-0.25, -0.2) is 0 Å². The summed E-state index contributed by atoms with van der Waals surface area (Å²) in [4.78, 5) is 0. The number of para-hydroxylation sites is 2. The smallest absolute Gasteiger partial charge is 0.210 e. The van der Waals surface area contributed by atoms with Crippen molar-refractivity contribution in [1.29, 1.82) is 0 Å². The number of benzene rings is 1. The van der Waals surface area contributed by atoms with Gasteiger partial charge in [0.2, 0.25) is 5.13 Å². The fourth-order valence-corrected chi connectivity index (χ4v) is 4.14. The molecule has 1 N–H and O–H groups in total. The van der Waals surface area contributed by atoms with Crippen LogP contribution < -0.4 is 10.1 Å². The normalized spacial score (nSPS) is 18.1. The second-order valence-corrected chi connectivity index (χ2v) is 7.24. The number of ether oxygens (including phenoxy) is 2. The van der Waals surface area contributed by atoms with Crippen LogP contribution in [-0.2, 0) is 4.74 Å². The molecule has 0 saturated carbocycles. The molecule has 1 aliphatic rings. The lowest BCUT2D eigenvalue weighted by molar-refractivity contribution is 0.0315. The Balaban J connectivity index is 1.56. The number of hydrogen-bond acceptors (Lipinski definition) is 7. The van der Waals surface area contributed by atoms with Gasteiger partial charge in [0.1, 0.15) is 5.75 Å². The fourth-order valence-electron chi connectivity index (χ4n) is 2.28. The van der Waals surface area contributed by atoms with E-state index in [1.54, 1.807) is 30.2 Å². The quantitative estimate of drug-likeness (QED) is 0.806. The maximum atomic E-state index is 5.74. The van der Waals surface area contributed by atoms with Gasteiger partial charge >= 0.3 is 0 Å². The van der Waals surface area contributed by atoms with Crippen LogP contribution in [0.25, 0.3) is 0 Å². The van der Waals surface area contributed by atoms with E-state index in [9.17, 15) is 0 Å². The maximum Gasteiger partial charge on any atom is 0.210 e. The number of anilines is 2. The molecule has 1 atom stereocenters. The van der Waals surface area contributed by atoms with Crippen LogP contribution in [0.1, 0.15) is 19.3 Å². The molecular formula is C15H19N3O2S2.